The van der Waals surface area contributed by atoms with Crippen LogP contribution in [0.1, 0.15) is 16.9 Å². The van der Waals surface area contributed by atoms with E-state index in [1.165, 1.54) is 0 Å². The van der Waals surface area contributed by atoms with Gasteiger partial charge in [-0.1, -0.05) is 23.7 Å². The van der Waals surface area contributed by atoms with Crippen molar-refractivity contribution in [1.29, 1.82) is 5.26 Å². The summed E-state index contributed by atoms with van der Waals surface area (Å²) < 4.78 is 5.27. The van der Waals surface area contributed by atoms with Gasteiger partial charge in [-0.2, -0.15) is 5.26 Å². The Balaban J connectivity index is 1.80. The number of aromatic nitrogens is 1. The summed E-state index contributed by atoms with van der Waals surface area (Å²) >= 11 is 5.95. The highest BCUT2D eigenvalue weighted by Gasteiger charge is 2.27. The molecule has 1 aliphatic rings. The van der Waals surface area contributed by atoms with Crippen LogP contribution in [0.3, 0.4) is 0 Å². The highest BCUT2D eigenvalue weighted by Crippen LogP contribution is 2.19. The van der Waals surface area contributed by atoms with Crippen LogP contribution in [0.15, 0.2) is 30.3 Å². The zero-order chi connectivity index (χ0) is 15.5. The Morgan fingerprint density at radius 3 is 3.00 bits per heavy atom. The molecule has 1 aliphatic heterocycles. The Bertz CT molecular complexity index is 751. The van der Waals surface area contributed by atoms with Crippen molar-refractivity contribution in [2.75, 3.05) is 13.2 Å². The lowest BCUT2D eigenvalue weighted by molar-refractivity contribution is 0.0926. The van der Waals surface area contributed by atoms with E-state index in [1.807, 2.05) is 12.1 Å². The molecular weight excluding hydrogens is 302 g/mol. The summed E-state index contributed by atoms with van der Waals surface area (Å²) in [6.45, 7) is 1.13. The Kier molecular flexibility index (Phi) is 4.23. The molecule has 22 heavy (non-hydrogen) atoms. The van der Waals surface area contributed by atoms with Gasteiger partial charge in [-0.05, 0) is 24.6 Å². The van der Waals surface area contributed by atoms with Crippen LogP contribution in [-0.4, -0.2) is 30.1 Å². The van der Waals surface area contributed by atoms with Crippen molar-refractivity contribution in [3.05, 3.63) is 41.0 Å². The number of nitrogens with zero attached hydrogens (tertiary/aromatic N) is 2. The molecule has 2 heterocycles. The molecule has 0 saturated carbocycles. The third-order valence-corrected chi connectivity index (χ3v) is 3.98. The second-order valence-corrected chi connectivity index (χ2v) is 5.67. The molecule has 0 unspecified atom stereocenters. The topological polar surface area (TPSA) is 75.0 Å². The standard InChI is InChI=1S/C16H14ClN3O2/c17-12-3-1-10-2-4-13(19-14(10)7-12)16(21)20-15(8-18)11-5-6-22-9-11/h1-4,7,11,15H,5-6,9H2,(H,20,21)/t11-,15+/m0/s1. The van der Waals surface area contributed by atoms with Gasteiger partial charge in [0.2, 0.25) is 0 Å². The number of carbonyl (C=O) groups excluding carboxylic acids is 1. The van der Waals surface area contributed by atoms with E-state index >= 15 is 0 Å². The molecule has 0 aliphatic carbocycles. The van der Waals surface area contributed by atoms with Gasteiger partial charge < -0.3 is 10.1 Å². The van der Waals surface area contributed by atoms with Gasteiger partial charge in [-0.25, -0.2) is 4.98 Å². The van der Waals surface area contributed by atoms with Crippen molar-refractivity contribution in [1.82, 2.24) is 10.3 Å². The number of carbonyl (C=O) groups is 1. The second kappa shape index (κ2) is 6.30. The normalized spacial score (nSPS) is 18.8. The minimum absolute atomic E-state index is 0.0313. The summed E-state index contributed by atoms with van der Waals surface area (Å²) in [5.41, 5.74) is 0.923. The second-order valence-electron chi connectivity index (χ2n) is 5.24. The summed E-state index contributed by atoms with van der Waals surface area (Å²) in [7, 11) is 0. The van der Waals surface area contributed by atoms with Gasteiger partial charge in [-0.3, -0.25) is 4.79 Å². The quantitative estimate of drug-likeness (QED) is 0.944. The number of ether oxygens (including phenoxy) is 1. The lowest BCUT2D eigenvalue weighted by Gasteiger charge is -2.16. The number of fused-ring (bicyclic) bond motifs is 1. The van der Waals surface area contributed by atoms with E-state index in [0.717, 1.165) is 11.8 Å². The molecule has 3 rings (SSSR count). The lowest BCUT2D eigenvalue weighted by atomic mass is 10.00. The molecule has 1 N–H and O–H groups in total. The van der Waals surface area contributed by atoms with Crippen LogP contribution in [0.25, 0.3) is 10.9 Å². The van der Waals surface area contributed by atoms with Crippen LogP contribution in [0.5, 0.6) is 0 Å². The number of nitriles is 1. The molecule has 1 aromatic carbocycles. The van der Waals surface area contributed by atoms with Gasteiger partial charge in [0, 0.05) is 22.9 Å². The first-order chi connectivity index (χ1) is 10.7. The number of pyridine rings is 1. The van der Waals surface area contributed by atoms with Gasteiger partial charge >= 0.3 is 0 Å². The molecular formula is C16H14ClN3O2. The fourth-order valence-corrected chi connectivity index (χ4v) is 2.67. The molecule has 2 aromatic rings. The molecule has 0 bridgehead atoms. The minimum Gasteiger partial charge on any atom is -0.381 e. The van der Waals surface area contributed by atoms with Gasteiger partial charge in [0.25, 0.3) is 5.91 Å². The fourth-order valence-electron chi connectivity index (χ4n) is 2.50. The Morgan fingerprint density at radius 2 is 2.27 bits per heavy atom. The lowest BCUT2D eigenvalue weighted by Crippen LogP contribution is -2.39. The smallest absolute Gasteiger partial charge is 0.270 e. The molecule has 1 fully saturated rings. The molecule has 112 valence electrons. The minimum atomic E-state index is -0.563. The summed E-state index contributed by atoms with van der Waals surface area (Å²) in [5, 5.41) is 13.4. The van der Waals surface area contributed by atoms with Gasteiger partial charge in [0.05, 0.1) is 18.2 Å². The largest absolute Gasteiger partial charge is 0.381 e. The molecule has 1 saturated heterocycles. The van der Waals surface area contributed by atoms with E-state index in [0.29, 0.717) is 23.8 Å². The Morgan fingerprint density at radius 1 is 1.45 bits per heavy atom. The van der Waals surface area contributed by atoms with E-state index in [2.05, 4.69) is 16.4 Å². The highest BCUT2D eigenvalue weighted by molar-refractivity contribution is 6.31. The number of halogens is 1. The first kappa shape index (κ1) is 14.8. The first-order valence-electron chi connectivity index (χ1n) is 7.02. The monoisotopic (exact) mass is 315 g/mol. The van der Waals surface area contributed by atoms with Crippen molar-refractivity contribution in [2.24, 2.45) is 5.92 Å². The third kappa shape index (κ3) is 3.03. The summed E-state index contributed by atoms with van der Waals surface area (Å²) in [4.78, 5) is 16.6. The summed E-state index contributed by atoms with van der Waals surface area (Å²) in [6.07, 6.45) is 0.777. The molecule has 0 spiro atoms. The molecule has 6 heteroatoms. The van der Waals surface area contributed by atoms with Crippen LogP contribution >= 0.6 is 11.6 Å². The number of amides is 1. The maximum absolute atomic E-state index is 12.3. The van der Waals surface area contributed by atoms with Crippen molar-refractivity contribution < 1.29 is 9.53 Å². The Hall–Kier alpha value is -2.16. The van der Waals surface area contributed by atoms with E-state index in [4.69, 9.17) is 16.3 Å². The predicted octanol–water partition coefficient (Wildman–Crippen LogP) is 2.55. The van der Waals surface area contributed by atoms with Crippen LogP contribution in [-0.2, 0) is 4.74 Å². The fraction of sp³-hybridized carbons (Fsp3) is 0.312. The maximum Gasteiger partial charge on any atom is 0.270 e. The van der Waals surface area contributed by atoms with Crippen molar-refractivity contribution >= 4 is 28.4 Å². The van der Waals surface area contributed by atoms with E-state index < -0.39 is 6.04 Å². The van der Waals surface area contributed by atoms with E-state index in [-0.39, 0.29) is 17.5 Å². The molecule has 1 aromatic heterocycles. The number of hydrogen-bond acceptors (Lipinski definition) is 4. The summed E-state index contributed by atoms with van der Waals surface area (Å²) in [5.74, 6) is -0.329. The summed E-state index contributed by atoms with van der Waals surface area (Å²) in [6, 6.07) is 10.4. The van der Waals surface area contributed by atoms with Gasteiger partial charge in [0.15, 0.2) is 0 Å². The molecule has 5 nitrogen and oxygen atoms in total. The van der Waals surface area contributed by atoms with Crippen LogP contribution < -0.4 is 5.32 Å². The maximum atomic E-state index is 12.3. The van der Waals surface area contributed by atoms with E-state index in [1.54, 1.807) is 18.2 Å². The highest BCUT2D eigenvalue weighted by atomic mass is 35.5. The average molecular weight is 316 g/mol. The van der Waals surface area contributed by atoms with Crippen molar-refractivity contribution in [2.45, 2.75) is 12.5 Å². The Labute approximate surface area is 132 Å². The first-order valence-corrected chi connectivity index (χ1v) is 7.40. The molecule has 0 radical (unpaired) electrons. The predicted molar refractivity (Wildman–Crippen MR) is 82.5 cm³/mol. The zero-order valence-corrected chi connectivity index (χ0v) is 12.5. The van der Waals surface area contributed by atoms with Crippen molar-refractivity contribution in [3.8, 4) is 6.07 Å². The van der Waals surface area contributed by atoms with Crippen LogP contribution in [0.2, 0.25) is 5.02 Å². The van der Waals surface area contributed by atoms with Crippen LogP contribution in [0, 0.1) is 17.2 Å². The average Bonchev–Trinajstić information content (AvgIpc) is 3.05. The number of rotatable bonds is 3. The zero-order valence-electron chi connectivity index (χ0n) is 11.8. The number of hydrogen-bond donors (Lipinski definition) is 1. The van der Waals surface area contributed by atoms with Gasteiger partial charge in [-0.15, -0.1) is 0 Å². The SMILES string of the molecule is N#C[C@@H](NC(=O)c1ccc2ccc(Cl)cc2n1)[C@H]1CCOC1. The van der Waals surface area contributed by atoms with Crippen molar-refractivity contribution in [3.63, 3.8) is 0 Å². The molecule has 2 atom stereocenters. The molecule has 1 amide bonds. The van der Waals surface area contributed by atoms with Crippen LogP contribution in [0.4, 0.5) is 0 Å². The van der Waals surface area contributed by atoms with E-state index in [9.17, 15) is 10.1 Å². The third-order valence-electron chi connectivity index (χ3n) is 3.75. The number of benzene rings is 1. The number of nitrogens with one attached hydrogen (secondary N) is 1. The van der Waals surface area contributed by atoms with Gasteiger partial charge in [0.1, 0.15) is 11.7 Å².